The van der Waals surface area contributed by atoms with Crippen LogP contribution in [0.4, 0.5) is 0 Å². The van der Waals surface area contributed by atoms with Gasteiger partial charge in [-0.3, -0.25) is 18.6 Å². The Bertz CT molecular complexity index is 1640. The second-order valence-corrected chi connectivity index (χ2v) is 27.7. The Hall–Kier alpha value is -2.29. The van der Waals surface area contributed by atoms with E-state index in [4.69, 9.17) is 24.3 Å². The molecule has 0 aromatic carbocycles. The zero-order chi connectivity index (χ0) is 64.4. The zero-order valence-electron chi connectivity index (χ0n) is 58.9. The molecule has 0 fully saturated rings. The number of nitrogens with two attached hydrogens (primary N) is 1. The summed E-state index contributed by atoms with van der Waals surface area (Å²) >= 11 is 0. The van der Waals surface area contributed by atoms with E-state index in [0.717, 1.165) is 64.2 Å². The van der Waals surface area contributed by atoms with E-state index in [1.54, 1.807) is 0 Å². The monoisotopic (exact) mass is 1270 g/mol. The SMILES string of the molecule is CC/C=C\C/C=C\C/C=C\C/C=C\C/C=C\CCCCCCCCCCCCCCCCCCCCCCCCCCCC(=O)OC(COC(=O)CCCCCCCCCCCCCCCCCCCCCCCCCCCCC)COP(=O)(O)OCCN. The summed E-state index contributed by atoms with van der Waals surface area (Å²) in [5.41, 5.74) is 5.41. The fourth-order valence-corrected chi connectivity index (χ4v) is 12.5. The highest BCUT2D eigenvalue weighted by atomic mass is 31.2. The van der Waals surface area contributed by atoms with Crippen LogP contribution >= 0.6 is 7.82 Å². The van der Waals surface area contributed by atoms with Gasteiger partial charge in [0.1, 0.15) is 6.61 Å². The number of carbonyl (C=O) groups is 2. The van der Waals surface area contributed by atoms with Gasteiger partial charge in [-0.05, 0) is 57.8 Å². The molecule has 0 spiro atoms. The summed E-state index contributed by atoms with van der Waals surface area (Å²) in [6.07, 6.45) is 97.9. The van der Waals surface area contributed by atoms with E-state index < -0.39 is 26.5 Å². The molecule has 0 saturated heterocycles. The second-order valence-electron chi connectivity index (χ2n) is 26.2. The fourth-order valence-electron chi connectivity index (χ4n) is 11.7. The molecular weight excluding hydrogens is 1120 g/mol. The molecule has 3 N–H and O–H groups in total. The highest BCUT2D eigenvalue weighted by Gasteiger charge is 2.26. The van der Waals surface area contributed by atoms with E-state index >= 15 is 0 Å². The lowest BCUT2D eigenvalue weighted by molar-refractivity contribution is -0.161. The number of hydrogen-bond acceptors (Lipinski definition) is 8. The van der Waals surface area contributed by atoms with Crippen LogP contribution in [-0.4, -0.2) is 49.3 Å². The molecule has 0 saturated carbocycles. The third-order valence-electron chi connectivity index (χ3n) is 17.4. The van der Waals surface area contributed by atoms with Gasteiger partial charge in [-0.15, -0.1) is 0 Å². The number of phosphoric acid groups is 1. The average molecular weight is 1270 g/mol. The van der Waals surface area contributed by atoms with Crippen LogP contribution in [0.25, 0.3) is 0 Å². The van der Waals surface area contributed by atoms with Crippen LogP contribution in [0.5, 0.6) is 0 Å². The lowest BCUT2D eigenvalue weighted by atomic mass is 10.0. The van der Waals surface area contributed by atoms with Crippen molar-refractivity contribution in [1.82, 2.24) is 0 Å². The number of carbonyl (C=O) groups excluding carboxylic acids is 2. The first-order chi connectivity index (χ1) is 43.8. The Labute approximate surface area is 552 Å². The molecular formula is C79H148NO8P. The molecule has 0 amide bonds. The minimum absolute atomic E-state index is 0.0562. The molecule has 0 rings (SSSR count). The van der Waals surface area contributed by atoms with Gasteiger partial charge in [0.2, 0.25) is 0 Å². The van der Waals surface area contributed by atoms with Crippen molar-refractivity contribution in [2.45, 2.75) is 405 Å². The Kier molecular flexibility index (Phi) is 72.8. The number of unbranched alkanes of at least 4 members (excludes halogenated alkanes) is 51. The minimum atomic E-state index is -4.39. The number of hydrogen-bond donors (Lipinski definition) is 2. The first kappa shape index (κ1) is 86.7. The summed E-state index contributed by atoms with van der Waals surface area (Å²) in [6.45, 7) is 3.71. The largest absolute Gasteiger partial charge is 0.472 e. The van der Waals surface area contributed by atoms with Gasteiger partial charge in [0.15, 0.2) is 6.10 Å². The lowest BCUT2D eigenvalue weighted by Gasteiger charge is -2.19. The van der Waals surface area contributed by atoms with Gasteiger partial charge >= 0.3 is 19.8 Å². The standard InChI is InChI=1S/C79H148NO8P/c1-3-5-7-9-11-13-15-17-19-21-23-25-27-29-31-32-33-34-35-36-37-38-39-40-41-42-43-44-46-48-50-52-54-56-58-60-62-64-66-68-70-72-79(82)88-77(76-87-89(83,84)86-74-73-80)75-85-78(81)71-69-67-65-63-61-59-57-55-53-51-49-47-45-30-28-26-24-22-20-18-16-14-12-10-8-6-4-2/h5,7,11,13,17,19,23,25,29,31,77H,3-4,6,8-10,12,14-16,18,20-22,24,26-28,30,32-76,80H2,1-2H3,(H,83,84)/b7-5-,13-11-,19-17-,25-23-,31-29-. The van der Waals surface area contributed by atoms with Gasteiger partial charge < -0.3 is 20.1 Å². The molecule has 0 heterocycles. The van der Waals surface area contributed by atoms with Crippen LogP contribution in [0, 0.1) is 0 Å². The van der Waals surface area contributed by atoms with E-state index in [1.807, 2.05) is 0 Å². The fraction of sp³-hybridized carbons (Fsp3) is 0.848. The number of allylic oxidation sites excluding steroid dienone is 10. The number of phosphoric ester groups is 1. The normalized spacial score (nSPS) is 13.2. The smallest absolute Gasteiger partial charge is 0.462 e. The first-order valence-corrected chi connectivity index (χ1v) is 40.3. The Balaban J connectivity index is 3.75. The predicted molar refractivity (Wildman–Crippen MR) is 386 cm³/mol. The quantitative estimate of drug-likeness (QED) is 0.0264. The highest BCUT2D eigenvalue weighted by Crippen LogP contribution is 2.43. The molecule has 2 atom stereocenters. The molecule has 10 heteroatoms. The topological polar surface area (TPSA) is 134 Å². The third-order valence-corrected chi connectivity index (χ3v) is 18.4. The van der Waals surface area contributed by atoms with Crippen LogP contribution in [0.15, 0.2) is 60.8 Å². The van der Waals surface area contributed by atoms with Crippen LogP contribution < -0.4 is 5.73 Å². The summed E-state index contributed by atoms with van der Waals surface area (Å²) in [5.74, 6) is -0.802. The maximum Gasteiger partial charge on any atom is 0.472 e. The van der Waals surface area contributed by atoms with Crippen molar-refractivity contribution in [3.63, 3.8) is 0 Å². The van der Waals surface area contributed by atoms with Gasteiger partial charge in [-0.1, -0.05) is 389 Å². The van der Waals surface area contributed by atoms with Crippen LogP contribution in [-0.2, 0) is 32.7 Å². The van der Waals surface area contributed by atoms with Crippen LogP contribution in [0.2, 0.25) is 0 Å². The van der Waals surface area contributed by atoms with E-state index in [0.29, 0.717) is 6.42 Å². The molecule has 0 bridgehead atoms. The Morgan fingerprint density at radius 3 is 0.921 bits per heavy atom. The second kappa shape index (κ2) is 74.7. The summed E-state index contributed by atoms with van der Waals surface area (Å²) < 4.78 is 33.3. The van der Waals surface area contributed by atoms with Gasteiger partial charge in [0.25, 0.3) is 0 Å². The average Bonchev–Trinajstić information content (AvgIpc) is 3.58. The highest BCUT2D eigenvalue weighted by molar-refractivity contribution is 7.47. The molecule has 0 aliphatic carbocycles. The molecule has 0 radical (unpaired) electrons. The summed E-state index contributed by atoms with van der Waals surface area (Å²) in [4.78, 5) is 35.4. The number of rotatable bonds is 74. The third kappa shape index (κ3) is 74.6. The van der Waals surface area contributed by atoms with Crippen molar-refractivity contribution in [3.8, 4) is 0 Å². The van der Waals surface area contributed by atoms with Crippen molar-refractivity contribution < 1.29 is 37.6 Å². The van der Waals surface area contributed by atoms with Crippen molar-refractivity contribution in [1.29, 1.82) is 0 Å². The van der Waals surface area contributed by atoms with Crippen molar-refractivity contribution in [2.24, 2.45) is 5.73 Å². The summed E-state index contributed by atoms with van der Waals surface area (Å²) in [7, 11) is -4.39. The molecule has 89 heavy (non-hydrogen) atoms. The van der Waals surface area contributed by atoms with E-state index in [-0.39, 0.29) is 38.6 Å². The zero-order valence-corrected chi connectivity index (χ0v) is 59.8. The first-order valence-electron chi connectivity index (χ1n) is 38.8. The maximum atomic E-state index is 12.8. The van der Waals surface area contributed by atoms with Gasteiger partial charge in [-0.25, -0.2) is 4.57 Å². The van der Waals surface area contributed by atoms with Crippen LogP contribution in [0.1, 0.15) is 399 Å². The summed E-state index contributed by atoms with van der Waals surface area (Å²) in [6, 6.07) is 0. The molecule has 0 aliphatic rings. The van der Waals surface area contributed by atoms with E-state index in [9.17, 15) is 19.0 Å². The number of esters is 2. The van der Waals surface area contributed by atoms with E-state index in [2.05, 4.69) is 74.6 Å². The lowest BCUT2D eigenvalue weighted by Crippen LogP contribution is -2.29. The molecule has 522 valence electrons. The predicted octanol–water partition coefficient (Wildman–Crippen LogP) is 25.8. The van der Waals surface area contributed by atoms with Crippen molar-refractivity contribution in [2.75, 3.05) is 26.4 Å². The Morgan fingerprint density at radius 1 is 0.348 bits per heavy atom. The van der Waals surface area contributed by atoms with Gasteiger partial charge in [-0.2, -0.15) is 0 Å². The van der Waals surface area contributed by atoms with Gasteiger partial charge in [0, 0.05) is 19.4 Å². The van der Waals surface area contributed by atoms with Gasteiger partial charge in [0.05, 0.1) is 13.2 Å². The van der Waals surface area contributed by atoms with Crippen molar-refractivity contribution >= 4 is 19.8 Å². The minimum Gasteiger partial charge on any atom is -0.462 e. The Morgan fingerprint density at radius 2 is 0.618 bits per heavy atom. The molecule has 0 aromatic heterocycles. The molecule has 9 nitrogen and oxygen atoms in total. The molecule has 2 unspecified atom stereocenters. The number of ether oxygens (including phenoxy) is 2. The summed E-state index contributed by atoms with van der Waals surface area (Å²) in [5, 5.41) is 0. The van der Waals surface area contributed by atoms with E-state index in [1.165, 1.54) is 302 Å². The van der Waals surface area contributed by atoms with Crippen LogP contribution in [0.3, 0.4) is 0 Å². The van der Waals surface area contributed by atoms with Crippen molar-refractivity contribution in [3.05, 3.63) is 60.8 Å². The molecule has 0 aliphatic heterocycles. The molecule has 0 aromatic rings. The maximum absolute atomic E-state index is 12.8.